The van der Waals surface area contributed by atoms with E-state index in [0.717, 1.165) is 17.7 Å². The Morgan fingerprint density at radius 2 is 1.68 bits per heavy atom. The number of anilines is 1. The van der Waals surface area contributed by atoms with Crippen LogP contribution in [0.3, 0.4) is 0 Å². The Hall–Kier alpha value is -3.61. The van der Waals surface area contributed by atoms with Crippen LogP contribution >= 0.6 is 0 Å². The van der Waals surface area contributed by atoms with Crippen molar-refractivity contribution < 1.29 is 18.4 Å². The third-order valence-corrected chi connectivity index (χ3v) is 4.03. The summed E-state index contributed by atoms with van der Waals surface area (Å²) >= 11 is 0. The molecule has 3 aromatic rings. The first-order chi connectivity index (χ1) is 13.4. The molecule has 0 atom stereocenters. The normalized spacial score (nSPS) is 10.4. The Morgan fingerprint density at radius 3 is 2.39 bits per heavy atom. The van der Waals surface area contributed by atoms with Crippen molar-refractivity contribution >= 4 is 17.5 Å². The van der Waals surface area contributed by atoms with Crippen molar-refractivity contribution in [2.45, 2.75) is 6.54 Å². The number of hydrogen-bond donors (Lipinski definition) is 1. The van der Waals surface area contributed by atoms with Crippen LogP contribution in [0, 0.1) is 11.6 Å². The second-order valence-electron chi connectivity index (χ2n) is 6.19. The van der Waals surface area contributed by atoms with E-state index in [2.05, 4.69) is 10.3 Å². The van der Waals surface area contributed by atoms with Gasteiger partial charge in [0, 0.05) is 37.7 Å². The van der Waals surface area contributed by atoms with Gasteiger partial charge < -0.3 is 10.2 Å². The van der Waals surface area contributed by atoms with E-state index in [1.54, 1.807) is 7.05 Å². The molecule has 0 radical (unpaired) electrons. The predicted molar refractivity (Wildman–Crippen MR) is 101 cm³/mol. The number of amides is 2. The summed E-state index contributed by atoms with van der Waals surface area (Å²) in [6.07, 6.45) is 2.67. The number of halogens is 2. The van der Waals surface area contributed by atoms with Gasteiger partial charge in [0.05, 0.1) is 11.1 Å². The van der Waals surface area contributed by atoms with Gasteiger partial charge in [-0.1, -0.05) is 30.3 Å². The number of carbonyl (C=O) groups is 2. The van der Waals surface area contributed by atoms with Crippen LogP contribution in [0.4, 0.5) is 14.5 Å². The fourth-order valence-electron chi connectivity index (χ4n) is 2.61. The lowest BCUT2D eigenvalue weighted by Crippen LogP contribution is -2.26. The van der Waals surface area contributed by atoms with Gasteiger partial charge in [0.1, 0.15) is 0 Å². The third kappa shape index (κ3) is 4.56. The molecule has 0 aliphatic carbocycles. The second kappa shape index (κ2) is 8.39. The number of hydrogen-bond acceptors (Lipinski definition) is 3. The number of nitrogens with one attached hydrogen (secondary N) is 1. The summed E-state index contributed by atoms with van der Waals surface area (Å²) in [5, 5.41) is 2.45. The largest absolute Gasteiger partial charge is 0.337 e. The number of benzene rings is 2. The summed E-state index contributed by atoms with van der Waals surface area (Å²) < 4.78 is 26.3. The van der Waals surface area contributed by atoms with E-state index in [1.165, 1.54) is 29.4 Å². The Kier molecular flexibility index (Phi) is 5.74. The van der Waals surface area contributed by atoms with Crippen molar-refractivity contribution in [3.63, 3.8) is 0 Å². The minimum Gasteiger partial charge on any atom is -0.337 e. The molecule has 28 heavy (non-hydrogen) atoms. The molecule has 3 rings (SSSR count). The molecule has 0 saturated heterocycles. The van der Waals surface area contributed by atoms with Gasteiger partial charge in [-0.3, -0.25) is 14.6 Å². The summed E-state index contributed by atoms with van der Waals surface area (Å²) in [5.74, 6) is -2.95. The highest BCUT2D eigenvalue weighted by Gasteiger charge is 2.16. The zero-order valence-corrected chi connectivity index (χ0v) is 15.0. The van der Waals surface area contributed by atoms with Gasteiger partial charge in [-0.2, -0.15) is 0 Å². The van der Waals surface area contributed by atoms with Crippen molar-refractivity contribution in [1.29, 1.82) is 0 Å². The molecular weight excluding hydrogens is 364 g/mol. The first kappa shape index (κ1) is 19.2. The van der Waals surface area contributed by atoms with E-state index in [-0.39, 0.29) is 22.7 Å². The molecule has 0 bridgehead atoms. The average molecular weight is 381 g/mol. The number of rotatable bonds is 5. The minimum atomic E-state index is -1.07. The molecule has 0 unspecified atom stereocenters. The van der Waals surface area contributed by atoms with Gasteiger partial charge in [-0.15, -0.1) is 0 Å². The molecule has 142 valence electrons. The summed E-state index contributed by atoms with van der Waals surface area (Å²) in [4.78, 5) is 30.4. The standard InChI is InChI=1S/C21H17F2N3O2/c1-26(13-14-5-3-2-4-6-14)21(28)16-9-15(11-24-12-16)20(27)25-17-7-8-18(22)19(23)10-17/h2-12H,13H2,1H3,(H,25,27). The Labute approximate surface area is 160 Å². The number of aromatic nitrogens is 1. The van der Waals surface area contributed by atoms with Crippen LogP contribution in [0.1, 0.15) is 26.3 Å². The van der Waals surface area contributed by atoms with E-state index in [1.807, 2.05) is 30.3 Å². The molecule has 1 heterocycles. The van der Waals surface area contributed by atoms with Gasteiger partial charge >= 0.3 is 0 Å². The smallest absolute Gasteiger partial charge is 0.257 e. The van der Waals surface area contributed by atoms with E-state index >= 15 is 0 Å². The van der Waals surface area contributed by atoms with Crippen LogP contribution in [0.5, 0.6) is 0 Å². The second-order valence-corrected chi connectivity index (χ2v) is 6.19. The van der Waals surface area contributed by atoms with Gasteiger partial charge in [0.25, 0.3) is 11.8 Å². The Balaban J connectivity index is 1.72. The van der Waals surface area contributed by atoms with Crippen molar-refractivity contribution in [1.82, 2.24) is 9.88 Å². The SMILES string of the molecule is CN(Cc1ccccc1)C(=O)c1cncc(C(=O)Nc2ccc(F)c(F)c2)c1. The minimum absolute atomic E-state index is 0.0989. The molecule has 0 fully saturated rings. The zero-order valence-electron chi connectivity index (χ0n) is 15.0. The third-order valence-electron chi connectivity index (χ3n) is 4.03. The molecule has 7 heteroatoms. The van der Waals surface area contributed by atoms with Crippen molar-refractivity contribution in [2.24, 2.45) is 0 Å². The molecule has 5 nitrogen and oxygen atoms in total. The van der Waals surface area contributed by atoms with Crippen molar-refractivity contribution in [2.75, 3.05) is 12.4 Å². The van der Waals surface area contributed by atoms with Gasteiger partial charge in [0.15, 0.2) is 11.6 Å². The van der Waals surface area contributed by atoms with Crippen molar-refractivity contribution in [3.05, 3.63) is 95.3 Å². The molecule has 1 aromatic heterocycles. The molecule has 2 aromatic carbocycles. The lowest BCUT2D eigenvalue weighted by molar-refractivity contribution is 0.0784. The molecule has 0 spiro atoms. The van der Waals surface area contributed by atoms with Crippen LogP contribution in [0.25, 0.3) is 0 Å². The predicted octanol–water partition coefficient (Wildman–Crippen LogP) is 3.88. The van der Waals surface area contributed by atoms with Crippen LogP contribution < -0.4 is 5.32 Å². The van der Waals surface area contributed by atoms with Crippen LogP contribution in [0.2, 0.25) is 0 Å². The summed E-state index contributed by atoms with van der Waals surface area (Å²) in [7, 11) is 1.66. The van der Waals surface area contributed by atoms with E-state index in [9.17, 15) is 18.4 Å². The fourth-order valence-corrected chi connectivity index (χ4v) is 2.61. The highest BCUT2D eigenvalue weighted by molar-refractivity contribution is 6.05. The average Bonchev–Trinajstić information content (AvgIpc) is 2.71. The molecule has 0 aliphatic heterocycles. The zero-order chi connectivity index (χ0) is 20.1. The quantitative estimate of drug-likeness (QED) is 0.730. The molecule has 0 aliphatic rings. The van der Waals surface area contributed by atoms with Crippen LogP contribution in [-0.2, 0) is 6.54 Å². The van der Waals surface area contributed by atoms with E-state index in [0.29, 0.717) is 6.54 Å². The fraction of sp³-hybridized carbons (Fsp3) is 0.0952. The maximum Gasteiger partial charge on any atom is 0.257 e. The summed E-state index contributed by atoms with van der Waals surface area (Å²) in [6.45, 7) is 0.408. The van der Waals surface area contributed by atoms with Gasteiger partial charge in [-0.25, -0.2) is 8.78 Å². The highest BCUT2D eigenvalue weighted by atomic mass is 19.2. The van der Waals surface area contributed by atoms with Crippen molar-refractivity contribution in [3.8, 4) is 0 Å². The number of carbonyl (C=O) groups excluding carboxylic acids is 2. The summed E-state index contributed by atoms with van der Waals surface area (Å²) in [5.41, 5.74) is 1.44. The topological polar surface area (TPSA) is 62.3 Å². The van der Waals surface area contributed by atoms with E-state index < -0.39 is 17.5 Å². The highest BCUT2D eigenvalue weighted by Crippen LogP contribution is 2.15. The monoisotopic (exact) mass is 381 g/mol. The van der Waals surface area contributed by atoms with E-state index in [4.69, 9.17) is 0 Å². The Morgan fingerprint density at radius 1 is 0.964 bits per heavy atom. The summed E-state index contributed by atoms with van der Waals surface area (Å²) in [6, 6.07) is 13.9. The molecule has 1 N–H and O–H groups in total. The first-order valence-electron chi connectivity index (χ1n) is 8.45. The van der Waals surface area contributed by atoms with Crippen LogP contribution in [-0.4, -0.2) is 28.7 Å². The maximum atomic E-state index is 13.3. The molecular formula is C21H17F2N3O2. The molecule has 2 amide bonds. The number of pyridine rings is 1. The van der Waals surface area contributed by atoms with Gasteiger partial charge in [0.2, 0.25) is 0 Å². The first-order valence-corrected chi connectivity index (χ1v) is 8.45. The molecule has 0 saturated carbocycles. The van der Waals surface area contributed by atoms with Gasteiger partial charge in [-0.05, 0) is 23.8 Å². The Bertz CT molecular complexity index is 1010. The number of nitrogens with zero attached hydrogens (tertiary/aromatic N) is 2. The lowest BCUT2D eigenvalue weighted by Gasteiger charge is -2.17. The lowest BCUT2D eigenvalue weighted by atomic mass is 10.1. The maximum absolute atomic E-state index is 13.3. The van der Waals surface area contributed by atoms with Crippen LogP contribution in [0.15, 0.2) is 67.0 Å².